The van der Waals surface area contributed by atoms with E-state index in [0.29, 0.717) is 26.1 Å². The molecule has 2 aromatic rings. The molecule has 2 heterocycles. The molecule has 0 radical (unpaired) electrons. The molecular formula is C21H28N4O2. The highest BCUT2D eigenvalue weighted by molar-refractivity contribution is 5.86. The van der Waals surface area contributed by atoms with Gasteiger partial charge in [0.05, 0.1) is 16.4 Å². The number of aromatic nitrogens is 2. The average Bonchev–Trinajstić information content (AvgIpc) is 3.16. The van der Waals surface area contributed by atoms with Crippen LogP contribution in [0.5, 0.6) is 0 Å². The third kappa shape index (κ3) is 2.65. The Balaban J connectivity index is 1.49. The van der Waals surface area contributed by atoms with Crippen LogP contribution in [-0.4, -0.2) is 39.4 Å². The highest BCUT2D eigenvalue weighted by Crippen LogP contribution is 2.62. The lowest BCUT2D eigenvalue weighted by atomic mass is 9.48. The van der Waals surface area contributed by atoms with Crippen molar-refractivity contribution in [3.05, 3.63) is 30.1 Å². The second-order valence-electron chi connectivity index (χ2n) is 8.78. The van der Waals surface area contributed by atoms with E-state index in [1.54, 1.807) is 0 Å². The van der Waals surface area contributed by atoms with Crippen molar-refractivity contribution in [3.8, 4) is 0 Å². The lowest BCUT2D eigenvalue weighted by molar-refractivity contribution is -0.148. The molecule has 0 bridgehead atoms. The number of hydrogen-bond donors (Lipinski definition) is 1. The van der Waals surface area contributed by atoms with Crippen molar-refractivity contribution in [1.82, 2.24) is 14.5 Å². The number of likely N-dealkylation sites (tertiary alicyclic amines) is 1. The number of amides is 2. The minimum atomic E-state index is -0.518. The number of rotatable bonds is 5. The number of carbonyl (C=O) groups excluding carboxylic acids is 2. The molecule has 144 valence electrons. The lowest BCUT2D eigenvalue weighted by Gasteiger charge is -2.54. The number of nitrogens with zero attached hydrogens (tertiary/aromatic N) is 3. The Morgan fingerprint density at radius 1 is 1.30 bits per heavy atom. The fourth-order valence-corrected chi connectivity index (χ4v) is 5.43. The Kier molecular flexibility index (Phi) is 4.05. The molecule has 6 heteroatoms. The van der Waals surface area contributed by atoms with E-state index in [-0.39, 0.29) is 23.1 Å². The third-order valence-corrected chi connectivity index (χ3v) is 6.70. The zero-order valence-electron chi connectivity index (χ0n) is 16.4. The Bertz CT molecular complexity index is 916. The number of nitrogens with two attached hydrogens (primary N) is 1. The number of fused-ring (bicyclic) bond motifs is 2. The summed E-state index contributed by atoms with van der Waals surface area (Å²) in [6.45, 7) is 8.13. The minimum absolute atomic E-state index is 0.0694. The van der Waals surface area contributed by atoms with Gasteiger partial charge < -0.3 is 15.2 Å². The second-order valence-corrected chi connectivity index (χ2v) is 8.78. The van der Waals surface area contributed by atoms with Crippen LogP contribution in [0.4, 0.5) is 0 Å². The smallest absolute Gasteiger partial charge is 0.225 e. The molecule has 1 aliphatic heterocycles. The van der Waals surface area contributed by atoms with E-state index in [1.165, 1.54) is 0 Å². The van der Waals surface area contributed by atoms with Crippen molar-refractivity contribution in [1.29, 1.82) is 0 Å². The number of hydrogen-bond acceptors (Lipinski definition) is 3. The van der Waals surface area contributed by atoms with Gasteiger partial charge in [0.1, 0.15) is 5.82 Å². The van der Waals surface area contributed by atoms with Crippen LogP contribution in [-0.2, 0) is 22.6 Å². The van der Waals surface area contributed by atoms with Gasteiger partial charge in [-0.1, -0.05) is 32.9 Å². The molecule has 2 amide bonds. The molecule has 1 aromatic heterocycles. The first-order valence-corrected chi connectivity index (χ1v) is 9.80. The van der Waals surface area contributed by atoms with Gasteiger partial charge in [0.2, 0.25) is 11.8 Å². The predicted octanol–water partition coefficient (Wildman–Crippen LogP) is 2.35. The maximum atomic E-state index is 12.9. The van der Waals surface area contributed by atoms with E-state index in [0.717, 1.165) is 29.7 Å². The quantitative estimate of drug-likeness (QED) is 0.879. The summed E-state index contributed by atoms with van der Waals surface area (Å²) in [4.78, 5) is 31.5. The predicted molar refractivity (Wildman–Crippen MR) is 104 cm³/mol. The van der Waals surface area contributed by atoms with Crippen LogP contribution in [0.3, 0.4) is 0 Å². The van der Waals surface area contributed by atoms with Crippen LogP contribution < -0.4 is 5.73 Å². The fraction of sp³-hybridized carbons (Fsp3) is 0.571. The largest absolute Gasteiger partial charge is 0.369 e. The maximum absolute atomic E-state index is 12.9. The van der Waals surface area contributed by atoms with Crippen LogP contribution in [0.1, 0.15) is 39.4 Å². The van der Waals surface area contributed by atoms with Gasteiger partial charge in [-0.25, -0.2) is 4.98 Å². The summed E-state index contributed by atoms with van der Waals surface area (Å²) in [7, 11) is 0. The van der Waals surface area contributed by atoms with Crippen molar-refractivity contribution in [2.45, 2.75) is 46.6 Å². The summed E-state index contributed by atoms with van der Waals surface area (Å²) in [6, 6.07) is 8.03. The van der Waals surface area contributed by atoms with Gasteiger partial charge in [-0.2, -0.15) is 0 Å². The van der Waals surface area contributed by atoms with E-state index < -0.39 is 5.41 Å². The molecule has 27 heavy (non-hydrogen) atoms. The zero-order chi connectivity index (χ0) is 19.4. The molecule has 1 aliphatic carbocycles. The second kappa shape index (κ2) is 6.08. The Labute approximate surface area is 159 Å². The van der Waals surface area contributed by atoms with E-state index in [2.05, 4.69) is 30.3 Å². The molecule has 2 aliphatic rings. The van der Waals surface area contributed by atoms with Crippen LogP contribution in [0.15, 0.2) is 24.3 Å². The van der Waals surface area contributed by atoms with E-state index >= 15 is 0 Å². The van der Waals surface area contributed by atoms with Gasteiger partial charge in [-0.3, -0.25) is 9.59 Å². The molecule has 4 rings (SSSR count). The fourth-order valence-electron chi connectivity index (χ4n) is 5.43. The summed E-state index contributed by atoms with van der Waals surface area (Å²) in [5.74, 6) is 1.02. The van der Waals surface area contributed by atoms with Gasteiger partial charge in [-0.15, -0.1) is 0 Å². The zero-order valence-corrected chi connectivity index (χ0v) is 16.4. The highest BCUT2D eigenvalue weighted by atomic mass is 16.2. The Morgan fingerprint density at radius 3 is 2.67 bits per heavy atom. The van der Waals surface area contributed by atoms with Gasteiger partial charge in [0, 0.05) is 32.5 Å². The minimum Gasteiger partial charge on any atom is -0.369 e. The molecule has 2 N–H and O–H groups in total. The van der Waals surface area contributed by atoms with Crippen molar-refractivity contribution in [2.24, 2.45) is 22.5 Å². The van der Waals surface area contributed by atoms with Crippen molar-refractivity contribution < 1.29 is 9.59 Å². The molecule has 1 saturated heterocycles. The third-order valence-electron chi connectivity index (χ3n) is 6.70. The van der Waals surface area contributed by atoms with Crippen molar-refractivity contribution in [2.75, 3.05) is 13.1 Å². The molecule has 0 spiro atoms. The SMILES string of the molecule is CCc1nc2ccccc2n1CCC(=O)N1C[C@@H]2C(C)(C)C[C@]2(C(N)=O)C1. The van der Waals surface area contributed by atoms with E-state index in [1.807, 2.05) is 29.2 Å². The molecule has 6 nitrogen and oxygen atoms in total. The molecule has 1 aromatic carbocycles. The monoisotopic (exact) mass is 368 g/mol. The highest BCUT2D eigenvalue weighted by Gasteiger charge is 2.66. The number of aryl methyl sites for hydroxylation is 2. The Hall–Kier alpha value is -2.37. The van der Waals surface area contributed by atoms with Gasteiger partial charge in [0.25, 0.3) is 0 Å². The van der Waals surface area contributed by atoms with Crippen molar-refractivity contribution >= 4 is 22.8 Å². The number of para-hydroxylation sites is 2. The summed E-state index contributed by atoms with van der Waals surface area (Å²) in [6.07, 6.45) is 2.01. The van der Waals surface area contributed by atoms with Gasteiger partial charge in [0.15, 0.2) is 0 Å². The molecular weight excluding hydrogens is 340 g/mol. The number of carbonyl (C=O) groups is 2. The van der Waals surface area contributed by atoms with Crippen LogP contribution in [0.2, 0.25) is 0 Å². The first-order valence-electron chi connectivity index (χ1n) is 9.80. The van der Waals surface area contributed by atoms with E-state index in [4.69, 9.17) is 5.73 Å². The lowest BCUT2D eigenvalue weighted by Crippen LogP contribution is -2.59. The van der Waals surface area contributed by atoms with E-state index in [9.17, 15) is 9.59 Å². The van der Waals surface area contributed by atoms with Crippen LogP contribution >= 0.6 is 0 Å². The molecule has 1 saturated carbocycles. The Morgan fingerprint density at radius 2 is 2.04 bits per heavy atom. The average molecular weight is 368 g/mol. The molecule has 0 unspecified atom stereocenters. The summed E-state index contributed by atoms with van der Waals surface area (Å²) < 4.78 is 2.14. The standard InChI is InChI=1S/C21H28N4O2/c1-4-17-23-14-7-5-6-8-15(14)25(17)10-9-18(26)24-11-16-20(2,3)12-21(16,13-24)19(22)27/h5-8,16H,4,9-13H2,1-3H3,(H2,22,27)/t16-,21+/m1/s1. The molecule has 2 fully saturated rings. The summed E-state index contributed by atoms with van der Waals surface area (Å²) in [5.41, 5.74) is 7.31. The normalized spacial score (nSPS) is 26.0. The van der Waals surface area contributed by atoms with Gasteiger partial charge in [-0.05, 0) is 29.9 Å². The summed E-state index contributed by atoms with van der Waals surface area (Å²) >= 11 is 0. The molecule has 2 atom stereocenters. The maximum Gasteiger partial charge on any atom is 0.225 e. The van der Waals surface area contributed by atoms with Crippen molar-refractivity contribution in [3.63, 3.8) is 0 Å². The number of imidazole rings is 1. The first-order chi connectivity index (χ1) is 12.8. The topological polar surface area (TPSA) is 81.2 Å². The van der Waals surface area contributed by atoms with Crippen LogP contribution in [0, 0.1) is 16.7 Å². The summed E-state index contributed by atoms with van der Waals surface area (Å²) in [5, 5.41) is 0. The number of benzene rings is 1. The van der Waals surface area contributed by atoms with Crippen LogP contribution in [0.25, 0.3) is 11.0 Å². The van der Waals surface area contributed by atoms with Gasteiger partial charge >= 0.3 is 0 Å². The first kappa shape index (κ1) is 18.0. The number of primary amides is 1.